The Morgan fingerprint density at radius 2 is 2.10 bits per heavy atom. The molecule has 3 nitrogen and oxygen atoms in total. The van der Waals surface area contributed by atoms with Crippen LogP contribution in [0.3, 0.4) is 0 Å². The molecule has 56 valence electrons. The largest absolute Gasteiger partial charge is 0.307 e. The molecule has 0 aromatic carbocycles. The smallest absolute Gasteiger partial charge is 0.272 e. The van der Waals surface area contributed by atoms with Gasteiger partial charge in [-0.3, -0.25) is 8.32 Å². The van der Waals surface area contributed by atoms with E-state index in [9.17, 15) is 4.79 Å². The van der Waals surface area contributed by atoms with Crippen LogP contribution in [0.4, 0.5) is 0 Å². The molecule has 0 rings (SSSR count). The fourth-order valence-corrected chi connectivity index (χ4v) is 0.830. The summed E-state index contributed by atoms with van der Waals surface area (Å²) in [4.78, 5) is 10.6. The second-order valence-electron chi connectivity index (χ2n) is 1.23. The van der Waals surface area contributed by atoms with Gasteiger partial charge in [0.2, 0.25) is 0 Å². The highest BCUT2D eigenvalue weighted by Crippen LogP contribution is 2.11. The number of amides is 1. The van der Waals surface area contributed by atoms with Gasteiger partial charge in [0, 0.05) is 6.21 Å². The molecule has 0 aliphatic heterocycles. The normalized spacial score (nSPS) is 11.9. The molecule has 0 atom stereocenters. The van der Waals surface area contributed by atoms with Crippen molar-refractivity contribution in [2.75, 3.05) is 0 Å². The molecular formula is C4H3Cl2IN2O. The number of allylic oxidation sites excluding steroid dienone is 1. The third kappa shape index (κ3) is 2.85. The van der Waals surface area contributed by atoms with Crippen molar-refractivity contribution in [1.29, 1.82) is 5.41 Å². The van der Waals surface area contributed by atoms with Gasteiger partial charge in [-0.25, -0.2) is 0 Å². The Morgan fingerprint density at radius 3 is 2.40 bits per heavy atom. The molecule has 0 radical (unpaired) electrons. The van der Waals surface area contributed by atoms with Gasteiger partial charge in [0.05, 0.1) is 27.9 Å². The standard InChI is InChI=1S/C4H3Cl2IN2O/c5-2(1-8)3(6)4(10)9-7/h1,8H,(H,9,10)/b3-2-,8-1?. The van der Waals surface area contributed by atoms with Gasteiger partial charge in [-0.1, -0.05) is 23.2 Å². The first-order valence-electron chi connectivity index (χ1n) is 2.10. The van der Waals surface area contributed by atoms with Crippen LogP contribution in [0.25, 0.3) is 0 Å². The summed E-state index contributed by atoms with van der Waals surface area (Å²) >= 11 is 12.3. The van der Waals surface area contributed by atoms with Crippen LogP contribution in [0.2, 0.25) is 0 Å². The van der Waals surface area contributed by atoms with Crippen LogP contribution >= 0.6 is 46.1 Å². The Bertz CT molecular complexity index is 192. The lowest BCUT2D eigenvalue weighted by atomic mass is 10.5. The first-order valence-corrected chi connectivity index (χ1v) is 3.93. The minimum Gasteiger partial charge on any atom is -0.307 e. The summed E-state index contributed by atoms with van der Waals surface area (Å²) in [6.45, 7) is 0. The van der Waals surface area contributed by atoms with E-state index in [0.29, 0.717) is 0 Å². The minimum atomic E-state index is -0.504. The molecule has 0 heterocycles. The second-order valence-corrected chi connectivity index (χ2v) is 2.55. The molecule has 0 fully saturated rings. The van der Waals surface area contributed by atoms with Gasteiger partial charge < -0.3 is 5.41 Å². The Kier molecular flexibility index (Phi) is 5.02. The van der Waals surface area contributed by atoms with Crippen molar-refractivity contribution < 1.29 is 4.79 Å². The van der Waals surface area contributed by atoms with E-state index in [1.54, 1.807) is 22.9 Å². The minimum absolute atomic E-state index is 0.0733. The van der Waals surface area contributed by atoms with Gasteiger partial charge in [-0.15, -0.1) is 0 Å². The SMILES string of the molecule is N=C/C(Cl)=C(/Cl)C(=O)NI. The Balaban J connectivity index is 4.45. The molecule has 0 aliphatic rings. The zero-order chi connectivity index (χ0) is 8.15. The van der Waals surface area contributed by atoms with Crippen LogP contribution in [0.5, 0.6) is 0 Å². The van der Waals surface area contributed by atoms with Crippen molar-refractivity contribution in [2.24, 2.45) is 0 Å². The fraction of sp³-hybridized carbons (Fsp3) is 0. The second kappa shape index (κ2) is 4.92. The van der Waals surface area contributed by atoms with Crippen molar-refractivity contribution in [3.63, 3.8) is 0 Å². The number of nitrogens with one attached hydrogen (secondary N) is 2. The van der Waals surface area contributed by atoms with Gasteiger partial charge in [-0.05, 0) is 0 Å². The van der Waals surface area contributed by atoms with E-state index in [4.69, 9.17) is 28.6 Å². The van der Waals surface area contributed by atoms with E-state index in [1.165, 1.54) is 0 Å². The molecule has 0 saturated heterocycles. The van der Waals surface area contributed by atoms with Crippen molar-refractivity contribution in [1.82, 2.24) is 3.53 Å². The first-order chi connectivity index (χ1) is 4.63. The topological polar surface area (TPSA) is 53.0 Å². The van der Waals surface area contributed by atoms with Gasteiger partial charge in [0.25, 0.3) is 5.91 Å². The molecule has 10 heavy (non-hydrogen) atoms. The fourth-order valence-electron chi connectivity index (χ4n) is 0.213. The number of hydrogen-bond acceptors (Lipinski definition) is 2. The molecule has 0 bridgehead atoms. The molecule has 0 unspecified atom stereocenters. The van der Waals surface area contributed by atoms with Crippen LogP contribution in [-0.4, -0.2) is 12.1 Å². The summed E-state index contributed by atoms with van der Waals surface area (Å²) in [5.41, 5.74) is 0. The van der Waals surface area contributed by atoms with Crippen LogP contribution in [0.15, 0.2) is 10.1 Å². The van der Waals surface area contributed by atoms with E-state index >= 15 is 0 Å². The molecule has 0 aliphatic carbocycles. The van der Waals surface area contributed by atoms with Crippen LogP contribution in [-0.2, 0) is 4.79 Å². The third-order valence-corrected chi connectivity index (χ3v) is 1.88. The number of carbonyl (C=O) groups excluding carboxylic acids is 1. The molecular weight excluding hydrogens is 290 g/mol. The number of hydrogen-bond donors (Lipinski definition) is 2. The van der Waals surface area contributed by atoms with Crippen molar-refractivity contribution in [3.8, 4) is 0 Å². The molecule has 1 amide bonds. The number of carbonyl (C=O) groups is 1. The van der Waals surface area contributed by atoms with Crippen LogP contribution in [0.1, 0.15) is 0 Å². The monoisotopic (exact) mass is 292 g/mol. The van der Waals surface area contributed by atoms with E-state index in [1.807, 2.05) is 0 Å². The predicted octanol–water partition coefficient (Wildman–Crippen LogP) is 1.79. The van der Waals surface area contributed by atoms with Crippen LogP contribution in [0, 0.1) is 5.41 Å². The quantitative estimate of drug-likeness (QED) is 0.347. The Hall–Kier alpha value is 0.190. The molecule has 6 heteroatoms. The van der Waals surface area contributed by atoms with Gasteiger partial charge >= 0.3 is 0 Å². The molecule has 0 spiro atoms. The molecule has 2 N–H and O–H groups in total. The predicted molar refractivity (Wildman–Crippen MR) is 49.7 cm³/mol. The van der Waals surface area contributed by atoms with Crippen molar-refractivity contribution in [2.45, 2.75) is 0 Å². The summed E-state index contributed by atoms with van der Waals surface area (Å²) in [5, 5.41) is 6.38. The number of halogens is 3. The highest BCUT2D eigenvalue weighted by atomic mass is 127. The van der Waals surface area contributed by atoms with E-state index in [2.05, 4.69) is 3.53 Å². The lowest BCUT2D eigenvalue weighted by molar-refractivity contribution is -0.114. The zero-order valence-electron chi connectivity index (χ0n) is 4.62. The van der Waals surface area contributed by atoms with E-state index in [0.717, 1.165) is 6.21 Å². The maximum absolute atomic E-state index is 10.6. The third-order valence-electron chi connectivity index (χ3n) is 0.622. The lowest BCUT2D eigenvalue weighted by Gasteiger charge is -1.94. The lowest BCUT2D eigenvalue weighted by Crippen LogP contribution is -2.12. The summed E-state index contributed by atoms with van der Waals surface area (Å²) in [5.74, 6) is -0.504. The Morgan fingerprint density at radius 1 is 1.60 bits per heavy atom. The van der Waals surface area contributed by atoms with Gasteiger partial charge in [0.1, 0.15) is 5.03 Å². The van der Waals surface area contributed by atoms with E-state index in [-0.39, 0.29) is 10.1 Å². The first kappa shape index (κ1) is 10.2. The molecule has 0 saturated carbocycles. The summed E-state index contributed by atoms with van der Waals surface area (Å²) in [7, 11) is 0. The zero-order valence-corrected chi connectivity index (χ0v) is 8.29. The summed E-state index contributed by atoms with van der Waals surface area (Å²) in [6.07, 6.45) is 0.801. The average Bonchev–Trinajstić information content (AvgIpc) is 2.00. The number of rotatable bonds is 2. The maximum Gasteiger partial charge on any atom is 0.272 e. The van der Waals surface area contributed by atoms with E-state index < -0.39 is 5.91 Å². The highest BCUT2D eigenvalue weighted by Gasteiger charge is 2.07. The summed E-state index contributed by atoms with van der Waals surface area (Å²) in [6, 6.07) is 0. The van der Waals surface area contributed by atoms with Crippen LogP contribution < -0.4 is 3.53 Å². The molecule has 0 aromatic rings. The maximum atomic E-state index is 10.6. The van der Waals surface area contributed by atoms with Gasteiger partial charge in [-0.2, -0.15) is 0 Å². The Labute approximate surface area is 81.8 Å². The summed E-state index contributed by atoms with van der Waals surface area (Å²) < 4.78 is 2.23. The highest BCUT2D eigenvalue weighted by molar-refractivity contribution is 14.1. The van der Waals surface area contributed by atoms with Crippen molar-refractivity contribution in [3.05, 3.63) is 10.1 Å². The average molecular weight is 293 g/mol. The molecule has 0 aromatic heterocycles. The van der Waals surface area contributed by atoms with Crippen molar-refractivity contribution >= 4 is 58.2 Å². The van der Waals surface area contributed by atoms with Gasteiger partial charge in [0.15, 0.2) is 0 Å².